The smallest absolute Gasteiger partial charge is 0.0896 e. The Morgan fingerprint density at radius 1 is 1.35 bits per heavy atom. The molecular formula is C17H28N2O. The first-order valence-electron chi connectivity index (χ1n) is 7.81. The number of aryl methyl sites for hydroxylation is 1. The Balaban J connectivity index is 1.92. The van der Waals surface area contributed by atoms with E-state index >= 15 is 0 Å². The summed E-state index contributed by atoms with van der Waals surface area (Å²) in [7, 11) is 0. The lowest BCUT2D eigenvalue weighted by Crippen LogP contribution is -2.44. The lowest BCUT2D eigenvalue weighted by atomic mass is 9.74. The molecule has 1 aromatic heterocycles. The minimum absolute atomic E-state index is 0.128. The van der Waals surface area contributed by atoms with Crippen LogP contribution in [0.15, 0.2) is 18.2 Å². The highest BCUT2D eigenvalue weighted by molar-refractivity contribution is 5.09. The molecule has 0 atom stereocenters. The van der Waals surface area contributed by atoms with Gasteiger partial charge in [0.25, 0.3) is 0 Å². The van der Waals surface area contributed by atoms with E-state index < -0.39 is 0 Å². The molecule has 0 aromatic carbocycles. The van der Waals surface area contributed by atoms with Crippen molar-refractivity contribution in [1.29, 1.82) is 0 Å². The average molecular weight is 276 g/mol. The lowest BCUT2D eigenvalue weighted by molar-refractivity contribution is -0.0851. The Morgan fingerprint density at radius 3 is 2.60 bits per heavy atom. The van der Waals surface area contributed by atoms with E-state index in [1.807, 2.05) is 25.1 Å². The molecule has 0 bridgehead atoms. The van der Waals surface area contributed by atoms with Crippen LogP contribution in [0.3, 0.4) is 0 Å². The number of ether oxygens (including phenoxy) is 1. The van der Waals surface area contributed by atoms with Crippen LogP contribution in [0.2, 0.25) is 0 Å². The Bertz CT molecular complexity index is 423. The fourth-order valence-corrected chi connectivity index (χ4v) is 3.15. The molecule has 1 fully saturated rings. The third-order valence-corrected chi connectivity index (χ3v) is 4.73. The first-order chi connectivity index (χ1) is 9.54. The van der Waals surface area contributed by atoms with Crippen LogP contribution in [0.25, 0.3) is 0 Å². The number of rotatable bonds is 5. The van der Waals surface area contributed by atoms with E-state index in [1.54, 1.807) is 0 Å². The molecule has 0 spiro atoms. The fraction of sp³-hybridized carbons (Fsp3) is 0.706. The molecule has 0 amide bonds. The predicted octanol–water partition coefficient (Wildman–Crippen LogP) is 3.45. The first-order valence-corrected chi connectivity index (χ1v) is 7.81. The van der Waals surface area contributed by atoms with Crippen molar-refractivity contribution >= 4 is 0 Å². The number of nitrogens with two attached hydrogens (primary N) is 1. The molecule has 112 valence electrons. The van der Waals surface area contributed by atoms with E-state index in [0.29, 0.717) is 13.2 Å². The molecule has 1 heterocycles. The summed E-state index contributed by atoms with van der Waals surface area (Å²) in [5, 5.41) is 0. The van der Waals surface area contributed by atoms with Crippen molar-refractivity contribution in [1.82, 2.24) is 4.98 Å². The largest absolute Gasteiger partial charge is 0.367 e. The third kappa shape index (κ3) is 3.80. The van der Waals surface area contributed by atoms with Crippen molar-refractivity contribution in [2.75, 3.05) is 6.54 Å². The molecule has 3 heteroatoms. The molecule has 0 aliphatic heterocycles. The van der Waals surface area contributed by atoms with Gasteiger partial charge in [-0.3, -0.25) is 4.98 Å². The van der Waals surface area contributed by atoms with Crippen LogP contribution in [0.5, 0.6) is 0 Å². The second kappa shape index (κ2) is 6.68. The van der Waals surface area contributed by atoms with Crippen LogP contribution >= 0.6 is 0 Å². The monoisotopic (exact) mass is 276 g/mol. The summed E-state index contributed by atoms with van der Waals surface area (Å²) in [6, 6.07) is 6.07. The first kappa shape index (κ1) is 15.5. The molecule has 0 saturated heterocycles. The molecule has 1 saturated carbocycles. The summed E-state index contributed by atoms with van der Waals surface area (Å²) in [5.41, 5.74) is 7.92. The summed E-state index contributed by atoms with van der Waals surface area (Å²) in [4.78, 5) is 4.50. The third-order valence-electron chi connectivity index (χ3n) is 4.73. The minimum atomic E-state index is -0.128. The van der Waals surface area contributed by atoms with Crippen LogP contribution in [0.1, 0.15) is 50.9 Å². The summed E-state index contributed by atoms with van der Waals surface area (Å²) in [6.45, 7) is 7.83. The van der Waals surface area contributed by atoms with E-state index in [4.69, 9.17) is 10.5 Å². The van der Waals surface area contributed by atoms with E-state index in [2.05, 4.69) is 18.8 Å². The standard InChI is InChI=1S/C17H28N2O/c1-13(2)15-7-9-17(12-18,10-8-15)20-11-16-6-4-5-14(3)19-16/h4-6,13,15H,7-12,18H2,1-3H3. The Kier molecular flexibility index (Phi) is 5.17. The summed E-state index contributed by atoms with van der Waals surface area (Å²) < 4.78 is 6.20. The highest BCUT2D eigenvalue weighted by Crippen LogP contribution is 2.37. The zero-order chi connectivity index (χ0) is 14.6. The Labute approximate surface area is 122 Å². The summed E-state index contributed by atoms with van der Waals surface area (Å²) >= 11 is 0. The quantitative estimate of drug-likeness (QED) is 0.896. The van der Waals surface area contributed by atoms with Crippen LogP contribution in [0, 0.1) is 18.8 Å². The van der Waals surface area contributed by atoms with Gasteiger partial charge in [0.05, 0.1) is 17.9 Å². The molecule has 2 N–H and O–H groups in total. The van der Waals surface area contributed by atoms with Gasteiger partial charge in [0.15, 0.2) is 0 Å². The molecule has 1 aliphatic carbocycles. The van der Waals surface area contributed by atoms with E-state index in [1.165, 1.54) is 12.8 Å². The van der Waals surface area contributed by atoms with Crippen LogP contribution in [-0.4, -0.2) is 17.1 Å². The molecular weight excluding hydrogens is 248 g/mol. The van der Waals surface area contributed by atoms with Gasteiger partial charge in [-0.15, -0.1) is 0 Å². The second-order valence-corrected chi connectivity index (χ2v) is 6.53. The fourth-order valence-electron chi connectivity index (χ4n) is 3.15. The minimum Gasteiger partial charge on any atom is -0.367 e. The number of nitrogens with zero attached hydrogens (tertiary/aromatic N) is 1. The average Bonchev–Trinajstić information content (AvgIpc) is 2.45. The van der Waals surface area contributed by atoms with Crippen molar-refractivity contribution < 1.29 is 4.74 Å². The van der Waals surface area contributed by atoms with Gasteiger partial charge >= 0.3 is 0 Å². The molecule has 3 nitrogen and oxygen atoms in total. The van der Waals surface area contributed by atoms with Gasteiger partial charge in [0, 0.05) is 12.2 Å². The maximum Gasteiger partial charge on any atom is 0.0896 e. The Morgan fingerprint density at radius 2 is 2.05 bits per heavy atom. The van der Waals surface area contributed by atoms with Gasteiger partial charge in [-0.1, -0.05) is 19.9 Å². The number of hydrogen-bond acceptors (Lipinski definition) is 3. The van der Waals surface area contributed by atoms with Crippen LogP contribution in [-0.2, 0) is 11.3 Å². The van der Waals surface area contributed by atoms with Crippen LogP contribution in [0.4, 0.5) is 0 Å². The maximum absolute atomic E-state index is 6.20. The molecule has 1 aromatic rings. The molecule has 0 unspecified atom stereocenters. The zero-order valence-electron chi connectivity index (χ0n) is 13.1. The maximum atomic E-state index is 6.20. The summed E-state index contributed by atoms with van der Waals surface area (Å²) in [5.74, 6) is 1.60. The normalized spacial score (nSPS) is 26.9. The molecule has 0 radical (unpaired) electrons. The lowest BCUT2D eigenvalue weighted by Gasteiger charge is -2.40. The predicted molar refractivity (Wildman–Crippen MR) is 82.3 cm³/mol. The van der Waals surface area contributed by atoms with Crippen molar-refractivity contribution in [3.63, 3.8) is 0 Å². The number of hydrogen-bond donors (Lipinski definition) is 1. The number of aromatic nitrogens is 1. The van der Waals surface area contributed by atoms with Gasteiger partial charge < -0.3 is 10.5 Å². The molecule has 2 rings (SSSR count). The molecule has 1 aliphatic rings. The highest BCUT2D eigenvalue weighted by atomic mass is 16.5. The van der Waals surface area contributed by atoms with Crippen molar-refractivity contribution in [3.8, 4) is 0 Å². The SMILES string of the molecule is Cc1cccc(COC2(CN)CCC(C(C)C)CC2)n1. The van der Waals surface area contributed by atoms with Gasteiger partial charge in [0.1, 0.15) is 0 Å². The zero-order valence-corrected chi connectivity index (χ0v) is 13.1. The van der Waals surface area contributed by atoms with Gasteiger partial charge in [-0.05, 0) is 56.6 Å². The molecule has 20 heavy (non-hydrogen) atoms. The highest BCUT2D eigenvalue weighted by Gasteiger charge is 2.35. The van der Waals surface area contributed by atoms with Gasteiger partial charge in [0.2, 0.25) is 0 Å². The van der Waals surface area contributed by atoms with Gasteiger partial charge in [-0.25, -0.2) is 0 Å². The Hall–Kier alpha value is -0.930. The van der Waals surface area contributed by atoms with Gasteiger partial charge in [-0.2, -0.15) is 0 Å². The van der Waals surface area contributed by atoms with Crippen molar-refractivity contribution in [2.45, 2.75) is 58.7 Å². The van der Waals surface area contributed by atoms with E-state index in [0.717, 1.165) is 36.1 Å². The van der Waals surface area contributed by atoms with E-state index in [-0.39, 0.29) is 5.60 Å². The van der Waals surface area contributed by atoms with Crippen molar-refractivity contribution in [3.05, 3.63) is 29.6 Å². The second-order valence-electron chi connectivity index (χ2n) is 6.53. The van der Waals surface area contributed by atoms with Crippen LogP contribution < -0.4 is 5.73 Å². The summed E-state index contributed by atoms with van der Waals surface area (Å²) in [6.07, 6.45) is 4.63. The topological polar surface area (TPSA) is 48.1 Å². The number of pyridine rings is 1. The van der Waals surface area contributed by atoms with Crippen molar-refractivity contribution in [2.24, 2.45) is 17.6 Å². The van der Waals surface area contributed by atoms with E-state index in [9.17, 15) is 0 Å².